The van der Waals surface area contributed by atoms with Crippen LogP contribution < -0.4 is 21.3 Å². The molecule has 6 rings (SSSR count). The molecule has 2 saturated heterocycles. The lowest BCUT2D eigenvalue weighted by atomic mass is 9.85. The van der Waals surface area contributed by atoms with E-state index in [1.807, 2.05) is 70.5 Å². The second kappa shape index (κ2) is 22.9. The minimum atomic E-state index is -3.73. The fraction of sp³-hybridized carbons (Fsp3) is 0.478. The van der Waals surface area contributed by atoms with E-state index in [2.05, 4.69) is 36.1 Å². The minimum absolute atomic E-state index is 0.0372. The summed E-state index contributed by atoms with van der Waals surface area (Å²) < 4.78 is 39.4. The average molecular weight is 948 g/mol. The van der Waals surface area contributed by atoms with Gasteiger partial charge in [-0.25, -0.2) is 18.2 Å². The molecule has 0 saturated carbocycles. The van der Waals surface area contributed by atoms with Gasteiger partial charge in [0.05, 0.1) is 52.9 Å². The Morgan fingerprint density at radius 3 is 2.30 bits per heavy atom. The van der Waals surface area contributed by atoms with Crippen LogP contribution in [0.2, 0.25) is 0 Å². The highest BCUT2D eigenvalue weighted by Gasteiger charge is 2.44. The summed E-state index contributed by atoms with van der Waals surface area (Å²) in [6, 6.07) is 14.9. The molecule has 20 heteroatoms. The molecule has 2 aromatic carbocycles. The Kier molecular flexibility index (Phi) is 17.4. The van der Waals surface area contributed by atoms with Crippen LogP contribution in [0.4, 0.5) is 10.5 Å². The fourth-order valence-corrected chi connectivity index (χ4v) is 9.94. The van der Waals surface area contributed by atoms with Gasteiger partial charge in [-0.1, -0.05) is 51.1 Å². The number of benzene rings is 2. The van der Waals surface area contributed by atoms with E-state index in [-0.39, 0.29) is 49.6 Å². The van der Waals surface area contributed by atoms with Crippen LogP contribution in [-0.4, -0.2) is 145 Å². The maximum Gasteiger partial charge on any atom is 0.319 e. The fourth-order valence-electron chi connectivity index (χ4n) is 7.71. The first kappa shape index (κ1) is 50.1. The second-order valence-electron chi connectivity index (χ2n) is 17.5. The zero-order chi connectivity index (χ0) is 47.4. The van der Waals surface area contributed by atoms with Gasteiger partial charge in [0, 0.05) is 70.3 Å². The van der Waals surface area contributed by atoms with Crippen molar-refractivity contribution in [3.8, 4) is 10.4 Å². The van der Waals surface area contributed by atoms with Gasteiger partial charge in [0.1, 0.15) is 18.7 Å². The molecule has 2 aliphatic heterocycles. The largest absolute Gasteiger partial charge is 0.391 e. The lowest BCUT2D eigenvalue weighted by Crippen LogP contribution is -2.58. The number of anilines is 1. The van der Waals surface area contributed by atoms with E-state index in [4.69, 9.17) is 9.47 Å². The Hall–Kier alpha value is -5.35. The summed E-state index contributed by atoms with van der Waals surface area (Å²) in [7, 11) is -3.73. The number of likely N-dealkylation sites (tertiary alicyclic amines) is 1. The van der Waals surface area contributed by atoms with Crippen molar-refractivity contribution in [2.45, 2.75) is 76.7 Å². The first-order valence-electron chi connectivity index (χ1n) is 22.0. The van der Waals surface area contributed by atoms with Crippen LogP contribution in [0.5, 0.6) is 0 Å². The molecule has 0 aliphatic carbocycles. The van der Waals surface area contributed by atoms with E-state index in [1.165, 1.54) is 21.3 Å². The molecule has 0 bridgehead atoms. The number of amides is 5. The van der Waals surface area contributed by atoms with Crippen molar-refractivity contribution in [3.63, 3.8) is 0 Å². The summed E-state index contributed by atoms with van der Waals surface area (Å²) in [5.74, 6) is -1.36. The molecule has 5 amide bonds. The topological polar surface area (TPSA) is 225 Å². The number of aliphatic hydroxyl groups excluding tert-OH is 1. The number of hydrogen-bond donors (Lipinski definition) is 5. The number of sulfonamides is 1. The van der Waals surface area contributed by atoms with Crippen LogP contribution in [0.25, 0.3) is 10.4 Å². The molecule has 356 valence electrons. The molecule has 0 spiro atoms. The molecule has 0 radical (unpaired) electrons. The highest BCUT2D eigenvalue weighted by atomic mass is 32.2. The predicted molar refractivity (Wildman–Crippen MR) is 250 cm³/mol. The Labute approximate surface area is 390 Å². The summed E-state index contributed by atoms with van der Waals surface area (Å²) in [6.45, 7) is 12.2. The lowest BCUT2D eigenvalue weighted by molar-refractivity contribution is -0.144. The van der Waals surface area contributed by atoms with Gasteiger partial charge in [-0.2, -0.15) is 4.31 Å². The van der Waals surface area contributed by atoms with Crippen molar-refractivity contribution in [3.05, 3.63) is 95.4 Å². The number of hydrogen-bond acceptors (Lipinski definition) is 13. The molecule has 18 nitrogen and oxygen atoms in total. The summed E-state index contributed by atoms with van der Waals surface area (Å²) in [5, 5.41) is 21.9. The van der Waals surface area contributed by atoms with Gasteiger partial charge >= 0.3 is 6.03 Å². The van der Waals surface area contributed by atoms with Gasteiger partial charge in [-0.05, 0) is 66.3 Å². The minimum Gasteiger partial charge on any atom is -0.391 e. The molecule has 5 N–H and O–H groups in total. The SMILES string of the molecule is Cc1ncsc1-c1ccc(C(C)NC(=O)C2CC(O)CN2C(=O)C(NC(=O)COCCOCCN2CCN(S(=O)(=O)c3ccc(NC(=O)NCc4cccnc4)cc3)CC2)C(C)(C)C)cc1. The van der Waals surface area contributed by atoms with E-state index in [1.54, 1.807) is 41.9 Å². The Balaban J connectivity index is 0.870. The molecule has 66 heavy (non-hydrogen) atoms. The molecule has 4 unspecified atom stereocenters. The zero-order valence-electron chi connectivity index (χ0n) is 38.1. The van der Waals surface area contributed by atoms with Crippen LogP contribution in [0, 0.1) is 12.3 Å². The number of nitrogens with zero attached hydrogens (tertiary/aromatic N) is 5. The standard InChI is InChI=1S/C46H61N9O9S2/c1-31(34-8-10-35(11-9-34)41-32(2)49-30-65-41)50-43(58)39-25-37(56)28-55(39)44(59)42(46(3,4)5)52-40(57)29-64-24-23-63-22-21-53-17-19-54(20-18-53)66(61,62)38-14-12-36(13-15-38)51-45(60)48-27-33-7-6-16-47-26-33/h6-16,26,30-31,37,39,42,56H,17-25,27-29H2,1-5H3,(H,50,58)(H,52,57)(H2,48,51,60). The van der Waals surface area contributed by atoms with E-state index in [0.29, 0.717) is 51.6 Å². The summed E-state index contributed by atoms with van der Waals surface area (Å²) >= 11 is 1.57. The molecule has 4 atom stereocenters. The maximum atomic E-state index is 14.0. The number of aromatic nitrogens is 2. The number of β-amino-alcohol motifs (C(OH)–C–C–N with tert-alkyl or cyclic N) is 1. The first-order valence-corrected chi connectivity index (χ1v) is 24.3. The quantitative estimate of drug-likeness (QED) is 0.0852. The van der Waals surface area contributed by atoms with Gasteiger partial charge < -0.3 is 40.7 Å². The number of urea groups is 1. The van der Waals surface area contributed by atoms with Gasteiger partial charge in [-0.3, -0.25) is 24.3 Å². The van der Waals surface area contributed by atoms with E-state index in [9.17, 15) is 32.7 Å². The number of rotatable bonds is 19. The Morgan fingerprint density at radius 2 is 1.65 bits per heavy atom. The summed E-state index contributed by atoms with van der Waals surface area (Å²) in [4.78, 5) is 66.0. The number of thiazole rings is 1. The monoisotopic (exact) mass is 947 g/mol. The number of carbonyl (C=O) groups is 4. The average Bonchev–Trinajstić information content (AvgIpc) is 3.92. The predicted octanol–water partition coefficient (Wildman–Crippen LogP) is 3.54. The van der Waals surface area contributed by atoms with Crippen molar-refractivity contribution in [1.82, 2.24) is 40.0 Å². The van der Waals surface area contributed by atoms with Gasteiger partial charge in [-0.15, -0.1) is 11.3 Å². The highest BCUT2D eigenvalue weighted by Crippen LogP contribution is 2.30. The van der Waals surface area contributed by atoms with Crippen molar-refractivity contribution >= 4 is 50.8 Å². The number of ether oxygens (including phenoxy) is 2. The number of aryl methyl sites for hydroxylation is 1. The second-order valence-corrected chi connectivity index (χ2v) is 20.3. The van der Waals surface area contributed by atoms with Crippen molar-refractivity contribution in [2.24, 2.45) is 5.41 Å². The van der Waals surface area contributed by atoms with Gasteiger partial charge in [0.25, 0.3) is 0 Å². The first-order chi connectivity index (χ1) is 31.5. The third-order valence-corrected chi connectivity index (χ3v) is 14.4. The zero-order valence-corrected chi connectivity index (χ0v) is 39.7. The molecule has 4 aromatic rings. The van der Waals surface area contributed by atoms with Crippen LogP contribution in [-0.2, 0) is 40.4 Å². The number of nitrogens with one attached hydrogen (secondary N) is 4. The molecule has 2 aromatic heterocycles. The normalized spacial score (nSPS) is 18.1. The smallest absolute Gasteiger partial charge is 0.319 e. The van der Waals surface area contributed by atoms with Gasteiger partial charge in [0.2, 0.25) is 27.7 Å². The number of aliphatic hydroxyl groups is 1. The van der Waals surface area contributed by atoms with Crippen LogP contribution in [0.1, 0.15) is 57.0 Å². The molecular formula is C46H61N9O9S2. The third-order valence-electron chi connectivity index (χ3n) is 11.5. The summed E-state index contributed by atoms with van der Waals surface area (Å²) in [5.41, 5.74) is 5.27. The molecule has 2 aliphatic rings. The highest BCUT2D eigenvalue weighted by molar-refractivity contribution is 7.89. The van der Waals surface area contributed by atoms with E-state index >= 15 is 0 Å². The van der Waals surface area contributed by atoms with Crippen LogP contribution in [0.3, 0.4) is 0 Å². The summed E-state index contributed by atoms with van der Waals surface area (Å²) in [6.07, 6.45) is 2.49. The van der Waals surface area contributed by atoms with Crippen LogP contribution in [0.15, 0.2) is 83.5 Å². The maximum absolute atomic E-state index is 14.0. The molecule has 2 fully saturated rings. The Bertz CT molecular complexity index is 2350. The molecule has 4 heterocycles. The van der Waals surface area contributed by atoms with Crippen molar-refractivity contribution in [1.29, 1.82) is 0 Å². The molecular weight excluding hydrogens is 887 g/mol. The van der Waals surface area contributed by atoms with Crippen LogP contribution >= 0.6 is 11.3 Å². The third kappa shape index (κ3) is 13.6. The Morgan fingerprint density at radius 1 is 0.939 bits per heavy atom. The number of piperazine rings is 1. The van der Waals surface area contributed by atoms with E-state index in [0.717, 1.165) is 27.3 Å². The number of carbonyl (C=O) groups excluding carboxylic acids is 4. The van der Waals surface area contributed by atoms with Crippen molar-refractivity contribution in [2.75, 3.05) is 71.0 Å². The van der Waals surface area contributed by atoms with Crippen molar-refractivity contribution < 1.29 is 42.2 Å². The van der Waals surface area contributed by atoms with Gasteiger partial charge in [0.15, 0.2) is 0 Å². The van der Waals surface area contributed by atoms with E-state index < -0.39 is 51.5 Å². The number of pyridine rings is 1. The lowest BCUT2D eigenvalue weighted by Gasteiger charge is -2.35.